The van der Waals surface area contributed by atoms with Gasteiger partial charge >= 0.3 is 6.09 Å². The van der Waals surface area contributed by atoms with E-state index in [9.17, 15) is 4.79 Å². The fraction of sp³-hybridized carbons (Fsp3) is 0.343. The van der Waals surface area contributed by atoms with Gasteiger partial charge in [0.2, 0.25) is 11.8 Å². The van der Waals surface area contributed by atoms with Crippen LogP contribution in [0.2, 0.25) is 0 Å². The first kappa shape index (κ1) is 30.8. The third-order valence-corrected chi connectivity index (χ3v) is 7.65. The van der Waals surface area contributed by atoms with Crippen LogP contribution < -0.4 is 15.4 Å². The molecule has 0 saturated carbocycles. The van der Waals surface area contributed by atoms with Gasteiger partial charge in [-0.05, 0) is 77.3 Å². The maximum Gasteiger partial charge on any atom is 0.410 e. The summed E-state index contributed by atoms with van der Waals surface area (Å²) >= 11 is 0. The molecule has 1 saturated heterocycles. The van der Waals surface area contributed by atoms with Crippen molar-refractivity contribution < 1.29 is 18.8 Å². The molecule has 0 spiro atoms. The smallest absolute Gasteiger partial charge is 0.410 e. The molecule has 0 aliphatic carbocycles. The summed E-state index contributed by atoms with van der Waals surface area (Å²) in [6.45, 7) is 11.2. The molecule has 1 amide bonds. The third kappa shape index (κ3) is 7.20. The number of hydrogen-bond donors (Lipinski definition) is 2. The Morgan fingerprint density at radius 1 is 1.04 bits per heavy atom. The lowest BCUT2D eigenvalue weighted by Gasteiger charge is -2.34. The molecule has 46 heavy (non-hydrogen) atoms. The Hall–Kier alpha value is -5.19. The number of pyridine rings is 1. The number of amides is 1. The lowest BCUT2D eigenvalue weighted by Crippen LogP contribution is -2.47. The zero-order valence-corrected chi connectivity index (χ0v) is 26.8. The first-order valence-corrected chi connectivity index (χ1v) is 15.5. The number of benzene rings is 2. The third-order valence-electron chi connectivity index (χ3n) is 7.65. The molecule has 1 unspecified atom stereocenters. The first-order valence-electron chi connectivity index (χ1n) is 15.5. The summed E-state index contributed by atoms with van der Waals surface area (Å²) in [7, 11) is 0. The average molecular weight is 622 g/mol. The van der Waals surface area contributed by atoms with Gasteiger partial charge < -0.3 is 29.5 Å². The number of carbonyl (C=O) groups excluding carboxylic acids is 1. The summed E-state index contributed by atoms with van der Waals surface area (Å²) in [6.07, 6.45) is 4.87. The number of aromatic nitrogens is 4. The topological polar surface area (TPSA) is 128 Å². The Kier molecular flexibility index (Phi) is 8.74. The molecule has 1 aliphatic heterocycles. The van der Waals surface area contributed by atoms with E-state index < -0.39 is 5.60 Å². The van der Waals surface area contributed by atoms with Gasteiger partial charge in [0.25, 0.3) is 0 Å². The fourth-order valence-corrected chi connectivity index (χ4v) is 5.53. The molecule has 5 aromatic rings. The minimum atomic E-state index is -0.542. The van der Waals surface area contributed by atoms with Crippen LogP contribution in [0.25, 0.3) is 22.0 Å². The number of hydrogen-bond acceptors (Lipinski definition) is 10. The minimum Gasteiger partial charge on any atom is -0.444 e. The number of likely N-dealkylation sites (tertiary alicyclic amines) is 1. The van der Waals surface area contributed by atoms with Crippen molar-refractivity contribution in [3.05, 3.63) is 84.0 Å². The molecule has 2 aromatic carbocycles. The molecule has 2 N–H and O–H groups in total. The van der Waals surface area contributed by atoms with Crippen LogP contribution in [0.3, 0.4) is 0 Å². The number of ether oxygens (including phenoxy) is 2. The number of piperidine rings is 1. The van der Waals surface area contributed by atoms with Crippen LogP contribution in [0.1, 0.15) is 50.6 Å². The van der Waals surface area contributed by atoms with E-state index in [1.54, 1.807) is 17.3 Å². The highest BCUT2D eigenvalue weighted by molar-refractivity contribution is 5.98. The SMILES string of the molecule is Cc1cc(CNc2cccc3c(Oc4ncccc4-c4ccnc(NC5CCCN(C(=O)OC(C)(C)C)C5)n4)c(C)ccc23)no1. The van der Waals surface area contributed by atoms with Gasteiger partial charge in [0.15, 0.2) is 0 Å². The predicted molar refractivity (Wildman–Crippen MR) is 177 cm³/mol. The van der Waals surface area contributed by atoms with Gasteiger partial charge in [-0.15, -0.1) is 0 Å². The Bertz CT molecular complexity index is 1850. The number of rotatable bonds is 8. The second-order valence-corrected chi connectivity index (χ2v) is 12.5. The monoisotopic (exact) mass is 621 g/mol. The van der Waals surface area contributed by atoms with Crippen LogP contribution in [0.15, 0.2) is 71.5 Å². The van der Waals surface area contributed by atoms with Crippen molar-refractivity contribution in [3.63, 3.8) is 0 Å². The Morgan fingerprint density at radius 3 is 2.72 bits per heavy atom. The van der Waals surface area contributed by atoms with Gasteiger partial charge in [0, 0.05) is 54.1 Å². The van der Waals surface area contributed by atoms with E-state index in [0.29, 0.717) is 37.2 Å². The second-order valence-electron chi connectivity index (χ2n) is 12.5. The van der Waals surface area contributed by atoms with Gasteiger partial charge in [-0.25, -0.2) is 19.7 Å². The second kappa shape index (κ2) is 13.0. The lowest BCUT2D eigenvalue weighted by atomic mass is 10.0. The summed E-state index contributed by atoms with van der Waals surface area (Å²) < 4.78 is 17.4. The first-order chi connectivity index (χ1) is 22.1. The lowest BCUT2D eigenvalue weighted by molar-refractivity contribution is 0.0206. The number of carbonyl (C=O) groups is 1. The van der Waals surface area contributed by atoms with Crippen molar-refractivity contribution in [2.45, 2.75) is 65.6 Å². The largest absolute Gasteiger partial charge is 0.444 e. The number of anilines is 2. The van der Waals surface area contributed by atoms with Gasteiger partial charge in [0.1, 0.15) is 22.8 Å². The highest BCUT2D eigenvalue weighted by atomic mass is 16.6. The fourth-order valence-electron chi connectivity index (χ4n) is 5.53. The summed E-state index contributed by atoms with van der Waals surface area (Å²) in [4.78, 5) is 28.3. The van der Waals surface area contributed by atoms with Crippen LogP contribution in [0, 0.1) is 13.8 Å². The van der Waals surface area contributed by atoms with Crippen LogP contribution in [-0.2, 0) is 11.3 Å². The van der Waals surface area contributed by atoms with Gasteiger partial charge in [-0.3, -0.25) is 0 Å². The molecular weight excluding hydrogens is 582 g/mol. The van der Waals surface area contributed by atoms with E-state index in [2.05, 4.69) is 31.8 Å². The van der Waals surface area contributed by atoms with E-state index in [0.717, 1.165) is 57.6 Å². The Morgan fingerprint density at radius 2 is 1.91 bits per heavy atom. The zero-order valence-electron chi connectivity index (χ0n) is 26.8. The molecule has 11 heteroatoms. The minimum absolute atomic E-state index is 0.00409. The highest BCUT2D eigenvalue weighted by Crippen LogP contribution is 2.38. The molecule has 6 rings (SSSR count). The number of nitrogens with zero attached hydrogens (tertiary/aromatic N) is 5. The standard InChI is InChI=1S/C35H39N7O4/c1-22-13-14-26-27(10-6-12-29(26)38-20-25-19-23(2)46-41-25)31(22)44-32-28(11-7-16-36-32)30-15-17-37-33(40-30)39-24-9-8-18-42(21-24)34(43)45-35(3,4)5/h6-7,10-17,19,24,38H,8-9,18,20-21H2,1-5H3,(H,37,39,40). The predicted octanol–water partition coefficient (Wildman–Crippen LogP) is 7.51. The summed E-state index contributed by atoms with van der Waals surface area (Å²) in [5, 5.41) is 13.0. The molecular formula is C35H39N7O4. The molecule has 1 fully saturated rings. The van der Waals surface area contributed by atoms with Crippen LogP contribution in [0.5, 0.6) is 11.6 Å². The molecule has 3 aromatic heterocycles. The Labute approximate surface area is 268 Å². The van der Waals surface area contributed by atoms with E-state index in [1.165, 1.54) is 0 Å². The van der Waals surface area contributed by atoms with Crippen molar-refractivity contribution >= 4 is 28.5 Å². The summed E-state index contributed by atoms with van der Waals surface area (Å²) in [5.74, 6) is 2.41. The molecule has 1 atom stereocenters. The van der Waals surface area contributed by atoms with Gasteiger partial charge in [0.05, 0.1) is 17.8 Å². The average Bonchev–Trinajstić information content (AvgIpc) is 3.46. The van der Waals surface area contributed by atoms with Crippen molar-refractivity contribution in [1.29, 1.82) is 0 Å². The van der Waals surface area contributed by atoms with E-state index >= 15 is 0 Å². The maximum atomic E-state index is 12.7. The summed E-state index contributed by atoms with van der Waals surface area (Å²) in [5.41, 5.74) is 3.63. The normalized spacial score (nSPS) is 15.1. The molecule has 11 nitrogen and oxygen atoms in total. The highest BCUT2D eigenvalue weighted by Gasteiger charge is 2.28. The number of aryl methyl sites for hydroxylation is 2. The van der Waals surface area contributed by atoms with Crippen molar-refractivity contribution in [1.82, 2.24) is 25.0 Å². The van der Waals surface area contributed by atoms with Crippen LogP contribution >= 0.6 is 0 Å². The van der Waals surface area contributed by atoms with Crippen LogP contribution in [-0.4, -0.2) is 55.8 Å². The van der Waals surface area contributed by atoms with Crippen molar-refractivity contribution in [2.75, 3.05) is 23.7 Å². The van der Waals surface area contributed by atoms with E-state index in [-0.39, 0.29) is 12.1 Å². The van der Waals surface area contributed by atoms with Crippen LogP contribution in [0.4, 0.5) is 16.4 Å². The summed E-state index contributed by atoms with van der Waals surface area (Å²) in [6, 6.07) is 17.8. The van der Waals surface area contributed by atoms with Crippen molar-refractivity contribution in [3.8, 4) is 22.9 Å². The van der Waals surface area contributed by atoms with Gasteiger partial charge in [-0.2, -0.15) is 0 Å². The molecule has 4 heterocycles. The Balaban J connectivity index is 1.22. The molecule has 238 valence electrons. The van der Waals surface area contributed by atoms with E-state index in [1.807, 2.05) is 83.1 Å². The quantitative estimate of drug-likeness (QED) is 0.180. The molecule has 0 bridgehead atoms. The van der Waals surface area contributed by atoms with E-state index in [4.69, 9.17) is 19.0 Å². The van der Waals surface area contributed by atoms with Crippen molar-refractivity contribution in [2.24, 2.45) is 0 Å². The molecule has 1 aliphatic rings. The van der Waals surface area contributed by atoms with Gasteiger partial charge in [-0.1, -0.05) is 29.4 Å². The molecule has 0 radical (unpaired) electrons. The zero-order chi connectivity index (χ0) is 32.3. The maximum absolute atomic E-state index is 12.7. The number of fused-ring (bicyclic) bond motifs is 1. The number of nitrogens with one attached hydrogen (secondary N) is 2.